The quantitative estimate of drug-likeness (QED) is 0.844. The summed E-state index contributed by atoms with van der Waals surface area (Å²) < 4.78 is 1.82. The highest BCUT2D eigenvalue weighted by Crippen LogP contribution is 2.30. The summed E-state index contributed by atoms with van der Waals surface area (Å²) in [6.45, 7) is 8.15. The Kier molecular flexibility index (Phi) is 4.05. The Balaban J connectivity index is 1.87. The first-order valence-corrected chi connectivity index (χ1v) is 7.86. The number of fused-ring (bicyclic) bond motifs is 1. The largest absolute Gasteiger partial charge is 0.370 e. The third kappa shape index (κ3) is 3.15. The van der Waals surface area contributed by atoms with Crippen LogP contribution in [0.5, 0.6) is 0 Å². The number of aryl methyl sites for hydroxylation is 1. The molecule has 0 unspecified atom stereocenters. The number of rotatable bonds is 7. The zero-order chi connectivity index (χ0) is 14.8. The molecule has 6 heteroatoms. The molecular weight excluding hydrogens is 264 g/mol. The van der Waals surface area contributed by atoms with Crippen molar-refractivity contribution in [3.63, 3.8) is 0 Å². The van der Waals surface area contributed by atoms with Crippen LogP contribution in [0.1, 0.15) is 32.5 Å². The molecule has 114 valence electrons. The van der Waals surface area contributed by atoms with Gasteiger partial charge in [-0.3, -0.25) is 9.58 Å². The number of hydrogen-bond donors (Lipinski definition) is 1. The van der Waals surface area contributed by atoms with E-state index in [1.165, 1.54) is 19.4 Å². The van der Waals surface area contributed by atoms with Gasteiger partial charge in [0.15, 0.2) is 5.65 Å². The van der Waals surface area contributed by atoms with Crippen LogP contribution in [0.15, 0.2) is 6.20 Å². The molecule has 0 saturated heterocycles. The van der Waals surface area contributed by atoms with Crippen molar-refractivity contribution in [2.45, 2.75) is 33.2 Å². The zero-order valence-electron chi connectivity index (χ0n) is 13.1. The molecule has 1 aliphatic rings. The average molecular weight is 288 g/mol. The molecule has 1 saturated carbocycles. The normalized spacial score (nSPS) is 15.0. The van der Waals surface area contributed by atoms with E-state index in [4.69, 9.17) is 9.97 Å². The van der Waals surface area contributed by atoms with E-state index >= 15 is 0 Å². The predicted octanol–water partition coefficient (Wildman–Crippen LogP) is 2.03. The lowest BCUT2D eigenvalue weighted by molar-refractivity contribution is 0.262. The molecule has 0 aromatic carbocycles. The highest BCUT2D eigenvalue weighted by molar-refractivity contribution is 5.86. The van der Waals surface area contributed by atoms with Gasteiger partial charge in [-0.1, -0.05) is 6.92 Å². The summed E-state index contributed by atoms with van der Waals surface area (Å²) in [4.78, 5) is 11.8. The molecular formula is C15H24N6. The second-order valence-corrected chi connectivity index (χ2v) is 5.80. The van der Waals surface area contributed by atoms with Crippen LogP contribution in [0, 0.1) is 5.92 Å². The fourth-order valence-corrected chi connectivity index (χ4v) is 2.61. The minimum atomic E-state index is 0.812. The van der Waals surface area contributed by atoms with Gasteiger partial charge in [0.25, 0.3) is 0 Å². The first-order chi connectivity index (χ1) is 10.2. The van der Waals surface area contributed by atoms with Crippen molar-refractivity contribution in [3.05, 3.63) is 12.0 Å². The van der Waals surface area contributed by atoms with Crippen LogP contribution < -0.4 is 5.32 Å². The van der Waals surface area contributed by atoms with E-state index in [1.807, 2.05) is 17.9 Å². The Bertz CT molecular complexity index is 616. The number of nitrogens with zero attached hydrogens (tertiary/aromatic N) is 5. The van der Waals surface area contributed by atoms with Gasteiger partial charge in [-0.15, -0.1) is 0 Å². The van der Waals surface area contributed by atoms with Crippen molar-refractivity contribution in [3.8, 4) is 0 Å². The highest BCUT2D eigenvalue weighted by atomic mass is 15.3. The highest BCUT2D eigenvalue weighted by Gasteiger charge is 2.24. The molecule has 0 radical (unpaired) electrons. The third-order valence-corrected chi connectivity index (χ3v) is 4.01. The second-order valence-electron chi connectivity index (χ2n) is 5.80. The van der Waals surface area contributed by atoms with E-state index in [1.54, 1.807) is 0 Å². The lowest BCUT2D eigenvalue weighted by atomic mass is 10.3. The maximum Gasteiger partial charge on any atom is 0.163 e. The summed E-state index contributed by atoms with van der Waals surface area (Å²) in [7, 11) is 1.93. The Hall–Kier alpha value is -1.69. The Morgan fingerprint density at radius 1 is 1.33 bits per heavy atom. The Morgan fingerprint density at radius 2 is 2.14 bits per heavy atom. The standard InChI is InChI=1S/C15H24N6/c1-4-16-14-12-8-17-20(3)15(12)19-13(18-14)10-21(5-2)9-11-6-7-11/h8,11H,4-7,9-10H2,1-3H3,(H,16,18,19). The van der Waals surface area contributed by atoms with Crippen molar-refractivity contribution in [1.29, 1.82) is 0 Å². The lowest BCUT2D eigenvalue weighted by Gasteiger charge is -2.19. The van der Waals surface area contributed by atoms with Gasteiger partial charge in [0.2, 0.25) is 0 Å². The van der Waals surface area contributed by atoms with E-state index in [2.05, 4.69) is 29.2 Å². The molecule has 2 aromatic rings. The molecule has 6 nitrogen and oxygen atoms in total. The van der Waals surface area contributed by atoms with Crippen molar-refractivity contribution in [2.24, 2.45) is 13.0 Å². The number of aromatic nitrogens is 4. The molecule has 21 heavy (non-hydrogen) atoms. The predicted molar refractivity (Wildman–Crippen MR) is 84.1 cm³/mol. The average Bonchev–Trinajstić information content (AvgIpc) is 3.22. The van der Waals surface area contributed by atoms with Crippen LogP contribution in [-0.2, 0) is 13.6 Å². The number of nitrogens with one attached hydrogen (secondary N) is 1. The molecule has 1 fully saturated rings. The topological polar surface area (TPSA) is 58.9 Å². The summed E-state index contributed by atoms with van der Waals surface area (Å²) in [6, 6.07) is 0. The SMILES string of the molecule is CCNc1nc(CN(CC)CC2CC2)nc2c1cnn2C. The van der Waals surface area contributed by atoms with Crippen molar-refractivity contribution in [2.75, 3.05) is 25.0 Å². The van der Waals surface area contributed by atoms with Gasteiger partial charge in [-0.25, -0.2) is 9.97 Å². The van der Waals surface area contributed by atoms with Crippen LogP contribution >= 0.6 is 0 Å². The minimum absolute atomic E-state index is 0.812. The molecule has 3 rings (SSSR count). The molecule has 0 spiro atoms. The van der Waals surface area contributed by atoms with Crippen molar-refractivity contribution >= 4 is 16.9 Å². The summed E-state index contributed by atoms with van der Waals surface area (Å²) in [5.74, 6) is 2.66. The molecule has 0 aliphatic heterocycles. The molecule has 0 atom stereocenters. The third-order valence-electron chi connectivity index (χ3n) is 4.01. The smallest absolute Gasteiger partial charge is 0.163 e. The van der Waals surface area contributed by atoms with Gasteiger partial charge in [-0.2, -0.15) is 5.10 Å². The molecule has 2 heterocycles. The Morgan fingerprint density at radius 3 is 2.81 bits per heavy atom. The van der Waals surface area contributed by atoms with Crippen molar-refractivity contribution < 1.29 is 0 Å². The summed E-state index contributed by atoms with van der Waals surface area (Å²) in [6.07, 6.45) is 4.58. The van der Waals surface area contributed by atoms with E-state index in [9.17, 15) is 0 Å². The van der Waals surface area contributed by atoms with Gasteiger partial charge >= 0.3 is 0 Å². The molecule has 0 amide bonds. The molecule has 0 bridgehead atoms. The molecule has 2 aromatic heterocycles. The summed E-state index contributed by atoms with van der Waals surface area (Å²) in [5, 5.41) is 8.62. The van der Waals surface area contributed by atoms with Crippen LogP contribution in [0.3, 0.4) is 0 Å². The van der Waals surface area contributed by atoms with Gasteiger partial charge in [0.05, 0.1) is 18.1 Å². The van der Waals surface area contributed by atoms with Gasteiger partial charge in [-0.05, 0) is 32.2 Å². The van der Waals surface area contributed by atoms with Crippen molar-refractivity contribution in [1.82, 2.24) is 24.6 Å². The number of hydrogen-bond acceptors (Lipinski definition) is 5. The van der Waals surface area contributed by atoms with E-state index in [-0.39, 0.29) is 0 Å². The monoisotopic (exact) mass is 288 g/mol. The lowest BCUT2D eigenvalue weighted by Crippen LogP contribution is -2.26. The molecule has 1 N–H and O–H groups in total. The maximum absolute atomic E-state index is 4.70. The number of anilines is 1. The first-order valence-electron chi connectivity index (χ1n) is 7.86. The first kappa shape index (κ1) is 14.3. The van der Waals surface area contributed by atoms with E-state index in [0.717, 1.165) is 48.2 Å². The fraction of sp³-hybridized carbons (Fsp3) is 0.667. The minimum Gasteiger partial charge on any atom is -0.370 e. The zero-order valence-corrected chi connectivity index (χ0v) is 13.1. The Labute approximate surface area is 125 Å². The fourth-order valence-electron chi connectivity index (χ4n) is 2.61. The molecule has 1 aliphatic carbocycles. The van der Waals surface area contributed by atoms with Crippen LogP contribution in [-0.4, -0.2) is 44.3 Å². The van der Waals surface area contributed by atoms with E-state index in [0.29, 0.717) is 0 Å². The van der Waals surface area contributed by atoms with Gasteiger partial charge in [0.1, 0.15) is 11.6 Å². The van der Waals surface area contributed by atoms with E-state index < -0.39 is 0 Å². The van der Waals surface area contributed by atoms with Crippen LogP contribution in [0.4, 0.5) is 5.82 Å². The van der Waals surface area contributed by atoms with Gasteiger partial charge in [0, 0.05) is 20.1 Å². The maximum atomic E-state index is 4.70. The second kappa shape index (κ2) is 5.97. The van der Waals surface area contributed by atoms with Gasteiger partial charge < -0.3 is 5.32 Å². The van der Waals surface area contributed by atoms with Crippen LogP contribution in [0.25, 0.3) is 11.0 Å². The summed E-state index contributed by atoms with van der Waals surface area (Å²) in [5.41, 5.74) is 0.901. The van der Waals surface area contributed by atoms with Crippen LogP contribution in [0.2, 0.25) is 0 Å². The summed E-state index contributed by atoms with van der Waals surface area (Å²) >= 11 is 0.